The number of hydrogen-bond acceptors (Lipinski definition) is 3. The number of likely N-dealkylation sites (tertiary alicyclic amines) is 1. The average molecular weight is 395 g/mol. The Morgan fingerprint density at radius 1 is 1.10 bits per heavy atom. The van der Waals surface area contributed by atoms with Crippen LogP contribution in [0, 0.1) is 11.8 Å². The predicted molar refractivity (Wildman–Crippen MR) is 115 cm³/mol. The quantitative estimate of drug-likeness (QED) is 0.775. The predicted octanol–water partition coefficient (Wildman–Crippen LogP) is 3.77. The molecule has 4 rings (SSSR count). The van der Waals surface area contributed by atoms with E-state index in [0.29, 0.717) is 5.92 Å². The molecule has 1 fully saturated rings. The summed E-state index contributed by atoms with van der Waals surface area (Å²) in [6.45, 7) is 9.18. The van der Waals surface area contributed by atoms with Gasteiger partial charge in [0, 0.05) is 37.9 Å². The second kappa shape index (κ2) is 9.12. The molecule has 29 heavy (non-hydrogen) atoms. The summed E-state index contributed by atoms with van der Waals surface area (Å²) in [4.78, 5) is 22.5. The first-order chi connectivity index (χ1) is 14.1. The van der Waals surface area contributed by atoms with E-state index in [1.54, 1.807) is 0 Å². The lowest BCUT2D eigenvalue weighted by atomic mass is 9.87. The number of benzene rings is 1. The molecule has 0 spiro atoms. The maximum absolute atomic E-state index is 13.0. The molecule has 1 amide bonds. The summed E-state index contributed by atoms with van der Waals surface area (Å²) in [5.41, 5.74) is 1.41. The first kappa shape index (κ1) is 20.1. The van der Waals surface area contributed by atoms with Crippen LogP contribution in [0.1, 0.15) is 50.5 Å². The molecule has 1 unspecified atom stereocenters. The van der Waals surface area contributed by atoms with Crippen molar-refractivity contribution in [2.45, 2.75) is 52.1 Å². The number of fused-ring (bicyclic) bond motifs is 1. The molecular weight excluding hydrogens is 360 g/mol. The molecule has 1 atom stereocenters. The minimum absolute atomic E-state index is 0.0324. The Labute approximate surface area is 174 Å². The maximum Gasteiger partial charge on any atom is 0.225 e. The van der Waals surface area contributed by atoms with Crippen molar-refractivity contribution < 1.29 is 4.79 Å². The monoisotopic (exact) mass is 394 g/mol. The van der Waals surface area contributed by atoms with Crippen molar-refractivity contribution in [2.24, 2.45) is 11.8 Å². The zero-order chi connectivity index (χ0) is 20.2. The normalized spacial score (nSPS) is 21.2. The highest BCUT2D eigenvalue weighted by molar-refractivity contribution is 5.78. The number of carbonyl (C=O) groups excluding carboxylic acids is 1. The van der Waals surface area contributed by atoms with Crippen molar-refractivity contribution in [1.82, 2.24) is 19.4 Å². The molecule has 0 saturated carbocycles. The van der Waals surface area contributed by atoms with E-state index >= 15 is 0 Å². The van der Waals surface area contributed by atoms with Crippen LogP contribution in [-0.4, -0.2) is 51.4 Å². The van der Waals surface area contributed by atoms with Gasteiger partial charge >= 0.3 is 0 Å². The third-order valence-corrected chi connectivity index (χ3v) is 6.56. The lowest BCUT2D eigenvalue weighted by Crippen LogP contribution is -2.45. The topological polar surface area (TPSA) is 41.4 Å². The van der Waals surface area contributed by atoms with Crippen LogP contribution >= 0.6 is 0 Å². The van der Waals surface area contributed by atoms with Gasteiger partial charge in [-0.25, -0.2) is 4.98 Å². The van der Waals surface area contributed by atoms with Crippen molar-refractivity contribution in [3.05, 3.63) is 54.1 Å². The van der Waals surface area contributed by atoms with E-state index in [9.17, 15) is 4.79 Å². The Morgan fingerprint density at radius 2 is 1.86 bits per heavy atom. The Hall–Kier alpha value is -2.14. The number of amides is 1. The minimum Gasteiger partial charge on any atom is -0.333 e. The van der Waals surface area contributed by atoms with Crippen LogP contribution in [0.3, 0.4) is 0 Å². The zero-order valence-electron chi connectivity index (χ0n) is 17.8. The molecule has 2 aliphatic heterocycles. The van der Waals surface area contributed by atoms with Crippen LogP contribution in [0.2, 0.25) is 0 Å². The number of aromatic nitrogens is 2. The fraction of sp³-hybridized carbons (Fsp3) is 0.583. The van der Waals surface area contributed by atoms with Gasteiger partial charge in [-0.2, -0.15) is 0 Å². The molecule has 0 aliphatic carbocycles. The van der Waals surface area contributed by atoms with Gasteiger partial charge in [-0.05, 0) is 50.3 Å². The van der Waals surface area contributed by atoms with Gasteiger partial charge in [0.25, 0.3) is 0 Å². The lowest BCUT2D eigenvalue weighted by Gasteiger charge is -2.40. The largest absolute Gasteiger partial charge is 0.333 e. The van der Waals surface area contributed by atoms with E-state index in [-0.39, 0.29) is 17.9 Å². The average Bonchev–Trinajstić information content (AvgIpc) is 3.13. The summed E-state index contributed by atoms with van der Waals surface area (Å²) >= 11 is 0. The maximum atomic E-state index is 13.0. The zero-order valence-corrected chi connectivity index (χ0v) is 17.8. The molecule has 156 valence electrons. The number of rotatable bonds is 5. The van der Waals surface area contributed by atoms with Crippen molar-refractivity contribution in [2.75, 3.05) is 26.2 Å². The minimum atomic E-state index is 0.0324. The van der Waals surface area contributed by atoms with Gasteiger partial charge in [0.1, 0.15) is 5.82 Å². The summed E-state index contributed by atoms with van der Waals surface area (Å²) in [6.07, 6.45) is 8.37. The van der Waals surface area contributed by atoms with Crippen LogP contribution in [0.4, 0.5) is 0 Å². The first-order valence-corrected chi connectivity index (χ1v) is 11.2. The lowest BCUT2D eigenvalue weighted by molar-refractivity contribution is -0.138. The van der Waals surface area contributed by atoms with Crippen molar-refractivity contribution in [1.29, 1.82) is 0 Å². The van der Waals surface area contributed by atoms with Gasteiger partial charge < -0.3 is 14.4 Å². The summed E-state index contributed by atoms with van der Waals surface area (Å²) in [5, 5.41) is 0. The standard InChI is InChI=1S/C24H34N4O/c1-19(2)24(29)28-14-6-13-27-18-12-25-23(27)22(28)21-10-16-26(17-11-21)15-9-20-7-4-3-5-8-20/h3-5,7-8,12,18-19,21-22H,6,9-11,13-17H2,1-2H3. The highest BCUT2D eigenvalue weighted by Crippen LogP contribution is 2.37. The highest BCUT2D eigenvalue weighted by Gasteiger charge is 2.38. The van der Waals surface area contributed by atoms with Crippen LogP contribution in [-0.2, 0) is 17.8 Å². The second-order valence-electron chi connectivity index (χ2n) is 8.88. The molecule has 1 saturated heterocycles. The number of hydrogen-bond donors (Lipinski definition) is 0. The molecule has 0 N–H and O–H groups in total. The van der Waals surface area contributed by atoms with E-state index in [0.717, 1.165) is 64.2 Å². The molecule has 3 heterocycles. The highest BCUT2D eigenvalue weighted by atomic mass is 16.2. The fourth-order valence-electron chi connectivity index (χ4n) is 4.93. The van der Waals surface area contributed by atoms with Crippen molar-refractivity contribution >= 4 is 5.91 Å². The molecular formula is C24H34N4O. The van der Waals surface area contributed by atoms with Crippen LogP contribution in [0.5, 0.6) is 0 Å². The van der Waals surface area contributed by atoms with Gasteiger partial charge in [0.05, 0.1) is 6.04 Å². The number of carbonyl (C=O) groups is 1. The number of imidazole rings is 1. The number of aryl methyl sites for hydroxylation is 1. The van der Waals surface area contributed by atoms with Gasteiger partial charge in [-0.3, -0.25) is 4.79 Å². The third kappa shape index (κ3) is 4.55. The van der Waals surface area contributed by atoms with E-state index in [1.165, 1.54) is 5.56 Å². The fourth-order valence-corrected chi connectivity index (χ4v) is 4.93. The Balaban J connectivity index is 1.44. The van der Waals surface area contributed by atoms with Gasteiger partial charge in [-0.1, -0.05) is 44.2 Å². The van der Waals surface area contributed by atoms with E-state index in [2.05, 4.69) is 50.9 Å². The molecule has 5 nitrogen and oxygen atoms in total. The Morgan fingerprint density at radius 3 is 2.59 bits per heavy atom. The first-order valence-electron chi connectivity index (χ1n) is 11.2. The number of piperidine rings is 1. The van der Waals surface area contributed by atoms with E-state index in [4.69, 9.17) is 4.98 Å². The third-order valence-electron chi connectivity index (χ3n) is 6.56. The Kier molecular flexibility index (Phi) is 6.34. The SMILES string of the molecule is CC(C)C(=O)N1CCCn2ccnc2C1C1CCN(CCc2ccccc2)CC1. The van der Waals surface area contributed by atoms with Crippen molar-refractivity contribution in [3.8, 4) is 0 Å². The van der Waals surface area contributed by atoms with Crippen molar-refractivity contribution in [3.63, 3.8) is 0 Å². The van der Waals surface area contributed by atoms with Crippen LogP contribution in [0.25, 0.3) is 0 Å². The molecule has 2 aliphatic rings. The summed E-state index contributed by atoms with van der Waals surface area (Å²) in [6, 6.07) is 10.9. The molecule has 0 radical (unpaired) electrons. The van der Waals surface area contributed by atoms with Crippen LogP contribution in [0.15, 0.2) is 42.7 Å². The molecule has 1 aromatic heterocycles. The van der Waals surface area contributed by atoms with Crippen LogP contribution < -0.4 is 0 Å². The molecule has 1 aromatic carbocycles. The van der Waals surface area contributed by atoms with Gasteiger partial charge in [-0.15, -0.1) is 0 Å². The molecule has 2 aromatic rings. The van der Waals surface area contributed by atoms with Gasteiger partial charge in [0.15, 0.2) is 0 Å². The summed E-state index contributed by atoms with van der Waals surface area (Å²) < 4.78 is 2.28. The second-order valence-corrected chi connectivity index (χ2v) is 8.88. The van der Waals surface area contributed by atoms with E-state index < -0.39 is 0 Å². The molecule has 5 heteroatoms. The summed E-state index contributed by atoms with van der Waals surface area (Å²) in [7, 11) is 0. The number of nitrogens with zero attached hydrogens (tertiary/aromatic N) is 4. The van der Waals surface area contributed by atoms with E-state index in [1.807, 2.05) is 20.0 Å². The molecule has 0 bridgehead atoms. The Bertz CT molecular complexity index is 792. The smallest absolute Gasteiger partial charge is 0.225 e. The summed E-state index contributed by atoms with van der Waals surface area (Å²) in [5.74, 6) is 1.90. The van der Waals surface area contributed by atoms with Gasteiger partial charge in [0.2, 0.25) is 5.91 Å².